The summed E-state index contributed by atoms with van der Waals surface area (Å²) in [5, 5.41) is 8.06. The summed E-state index contributed by atoms with van der Waals surface area (Å²) in [6, 6.07) is 0. The molecule has 0 aliphatic rings. The molecule has 0 unspecified atom stereocenters. The van der Waals surface area contributed by atoms with Crippen molar-refractivity contribution in [3.05, 3.63) is 0 Å². The van der Waals surface area contributed by atoms with Crippen molar-refractivity contribution in [1.82, 2.24) is 0 Å². The first kappa shape index (κ1) is 8.83. The number of rotatable bonds is 4. The van der Waals surface area contributed by atoms with Crippen LogP contribution in [0.4, 0.5) is 0 Å². The van der Waals surface area contributed by atoms with E-state index in [1.54, 1.807) is 0 Å². The highest BCUT2D eigenvalue weighted by Gasteiger charge is 2.01. The predicted octanol–water partition coefficient (Wildman–Crippen LogP) is -1.16. The Hall–Kier alpha value is -0.170. The van der Waals surface area contributed by atoms with E-state index >= 15 is 0 Å². The van der Waals surface area contributed by atoms with Crippen LogP contribution in [0, 0.1) is 0 Å². The second kappa shape index (κ2) is 3.78. The monoisotopic (exact) mass is 156 g/mol. The molecule has 0 spiro atoms. The Kier molecular flexibility index (Phi) is 3.71. The normalized spacial score (nSPS) is 11.8. The van der Waals surface area contributed by atoms with Crippen LogP contribution in [0.25, 0.3) is 0 Å². The van der Waals surface area contributed by atoms with E-state index in [1.165, 1.54) is 0 Å². The Bertz CT molecular complexity index is 148. The molecule has 0 saturated heterocycles. The molecule has 56 valence electrons. The minimum atomic E-state index is -4.03. The van der Waals surface area contributed by atoms with E-state index in [4.69, 9.17) is 9.66 Å². The molecule has 0 rings (SSSR count). The second-order valence-corrected chi connectivity index (χ2v) is 2.73. The van der Waals surface area contributed by atoms with E-state index in [-0.39, 0.29) is 13.2 Å². The number of ether oxygens (including phenoxy) is 1. The van der Waals surface area contributed by atoms with Gasteiger partial charge >= 0.3 is 0 Å². The topological polar surface area (TPSA) is 83.8 Å². The molecule has 5 nitrogen and oxygen atoms in total. The summed E-state index contributed by atoms with van der Waals surface area (Å²) in [6.45, 7) is -0.338. The molecule has 2 N–H and O–H groups in total. The van der Waals surface area contributed by atoms with E-state index in [1.807, 2.05) is 0 Å². The molecule has 0 aromatic carbocycles. The summed E-state index contributed by atoms with van der Waals surface area (Å²) in [4.78, 5) is 0. The zero-order valence-electron chi connectivity index (χ0n) is 4.65. The SMILES string of the molecule is O=S(=O)(O)COCCO. The van der Waals surface area contributed by atoms with Crippen molar-refractivity contribution in [2.24, 2.45) is 0 Å². The Labute approximate surface area is 53.0 Å². The van der Waals surface area contributed by atoms with Gasteiger partial charge in [0, 0.05) is 0 Å². The first-order valence-electron chi connectivity index (χ1n) is 2.20. The summed E-state index contributed by atoms with van der Waals surface area (Å²) < 4.78 is 32.0. The zero-order valence-corrected chi connectivity index (χ0v) is 5.47. The fourth-order valence-electron chi connectivity index (χ4n) is 0.229. The van der Waals surface area contributed by atoms with Crippen molar-refractivity contribution in [1.29, 1.82) is 0 Å². The molecule has 0 aliphatic heterocycles. The molecular weight excluding hydrogens is 148 g/mol. The molecule has 0 amide bonds. The van der Waals surface area contributed by atoms with E-state index < -0.39 is 16.1 Å². The van der Waals surface area contributed by atoms with Crippen LogP contribution in [0.15, 0.2) is 0 Å². The maximum Gasteiger partial charge on any atom is 0.289 e. The highest BCUT2D eigenvalue weighted by atomic mass is 32.2. The number of aliphatic hydroxyl groups is 1. The molecule has 0 heterocycles. The second-order valence-electron chi connectivity index (χ2n) is 1.33. The van der Waals surface area contributed by atoms with Crippen molar-refractivity contribution >= 4 is 10.1 Å². The standard InChI is InChI=1S/C3H8O5S/c4-1-2-8-3-9(5,6)7/h4H,1-3H2,(H,5,6,7). The van der Waals surface area contributed by atoms with E-state index in [0.717, 1.165) is 0 Å². The van der Waals surface area contributed by atoms with Gasteiger partial charge in [-0.1, -0.05) is 0 Å². The molecule has 0 aliphatic carbocycles. The maximum atomic E-state index is 9.85. The van der Waals surface area contributed by atoms with Crippen LogP contribution in [-0.2, 0) is 14.9 Å². The van der Waals surface area contributed by atoms with E-state index in [9.17, 15) is 8.42 Å². The Morgan fingerprint density at radius 3 is 2.33 bits per heavy atom. The third-order valence-corrected chi connectivity index (χ3v) is 0.932. The van der Waals surface area contributed by atoms with Crippen LogP contribution >= 0.6 is 0 Å². The van der Waals surface area contributed by atoms with Gasteiger partial charge in [-0.05, 0) is 0 Å². The van der Waals surface area contributed by atoms with Gasteiger partial charge in [0.25, 0.3) is 10.1 Å². The smallest absolute Gasteiger partial charge is 0.289 e. The lowest BCUT2D eigenvalue weighted by Crippen LogP contribution is -2.10. The zero-order chi connectivity index (χ0) is 7.33. The summed E-state index contributed by atoms with van der Waals surface area (Å²) in [7, 11) is -4.03. The quantitative estimate of drug-likeness (QED) is 0.396. The van der Waals surface area contributed by atoms with Crippen molar-refractivity contribution in [2.45, 2.75) is 0 Å². The molecule has 0 fully saturated rings. The first-order chi connectivity index (χ1) is 4.06. The van der Waals surface area contributed by atoms with Crippen LogP contribution in [0.1, 0.15) is 0 Å². The molecule has 0 saturated carbocycles. The van der Waals surface area contributed by atoms with Gasteiger partial charge in [0.05, 0.1) is 13.2 Å². The average Bonchev–Trinajstić information content (AvgIpc) is 1.63. The summed E-state index contributed by atoms with van der Waals surface area (Å²) in [5.41, 5.74) is 0. The Balaban J connectivity index is 3.30. The van der Waals surface area contributed by atoms with E-state index in [2.05, 4.69) is 4.74 Å². The summed E-state index contributed by atoms with van der Waals surface area (Å²) in [6.07, 6.45) is 0. The van der Waals surface area contributed by atoms with Gasteiger partial charge in [-0.15, -0.1) is 0 Å². The van der Waals surface area contributed by atoms with Crippen molar-refractivity contribution in [3.63, 3.8) is 0 Å². The molecular formula is C3H8O5S. The lowest BCUT2D eigenvalue weighted by Gasteiger charge is -1.96. The Morgan fingerprint density at radius 2 is 2.00 bits per heavy atom. The minimum Gasteiger partial charge on any atom is -0.394 e. The van der Waals surface area contributed by atoms with Gasteiger partial charge in [-0.3, -0.25) is 4.55 Å². The highest BCUT2D eigenvalue weighted by molar-refractivity contribution is 7.85. The largest absolute Gasteiger partial charge is 0.394 e. The van der Waals surface area contributed by atoms with Gasteiger partial charge in [0.2, 0.25) is 0 Å². The highest BCUT2D eigenvalue weighted by Crippen LogP contribution is 1.82. The van der Waals surface area contributed by atoms with Gasteiger partial charge < -0.3 is 9.84 Å². The summed E-state index contributed by atoms with van der Waals surface area (Å²) >= 11 is 0. The molecule has 0 aromatic heterocycles. The van der Waals surface area contributed by atoms with Crippen LogP contribution in [-0.4, -0.2) is 37.2 Å². The molecule has 0 radical (unpaired) electrons. The number of hydrogen-bond acceptors (Lipinski definition) is 4. The fraction of sp³-hybridized carbons (Fsp3) is 1.00. The summed E-state index contributed by atoms with van der Waals surface area (Å²) in [5.74, 6) is -0.756. The lowest BCUT2D eigenvalue weighted by atomic mass is 10.8. The van der Waals surface area contributed by atoms with Crippen LogP contribution in [0.2, 0.25) is 0 Å². The molecule has 9 heavy (non-hydrogen) atoms. The lowest BCUT2D eigenvalue weighted by molar-refractivity contribution is 0.118. The van der Waals surface area contributed by atoms with Crippen LogP contribution < -0.4 is 0 Å². The first-order valence-corrected chi connectivity index (χ1v) is 3.81. The molecule has 6 heteroatoms. The van der Waals surface area contributed by atoms with Gasteiger partial charge in [0.1, 0.15) is 0 Å². The molecule has 0 aromatic rings. The van der Waals surface area contributed by atoms with Crippen molar-refractivity contribution in [3.8, 4) is 0 Å². The Morgan fingerprint density at radius 1 is 1.44 bits per heavy atom. The van der Waals surface area contributed by atoms with Crippen LogP contribution in [0.3, 0.4) is 0 Å². The van der Waals surface area contributed by atoms with Crippen LogP contribution in [0.5, 0.6) is 0 Å². The predicted molar refractivity (Wildman–Crippen MR) is 29.5 cm³/mol. The van der Waals surface area contributed by atoms with Gasteiger partial charge in [-0.25, -0.2) is 0 Å². The minimum absolute atomic E-state index is 0.0835. The average molecular weight is 156 g/mol. The number of hydrogen-bond donors (Lipinski definition) is 2. The third kappa shape index (κ3) is 7.83. The molecule has 0 bridgehead atoms. The maximum absolute atomic E-state index is 9.85. The molecule has 0 atom stereocenters. The third-order valence-electron chi connectivity index (χ3n) is 0.468. The number of aliphatic hydroxyl groups excluding tert-OH is 1. The van der Waals surface area contributed by atoms with E-state index in [0.29, 0.717) is 0 Å². The van der Waals surface area contributed by atoms with Gasteiger partial charge in [-0.2, -0.15) is 8.42 Å². The van der Waals surface area contributed by atoms with Crippen molar-refractivity contribution in [2.75, 3.05) is 19.2 Å². The van der Waals surface area contributed by atoms with Crippen molar-refractivity contribution < 1.29 is 22.8 Å². The van der Waals surface area contributed by atoms with Gasteiger partial charge in [0.15, 0.2) is 5.94 Å². The fourth-order valence-corrected chi connectivity index (χ4v) is 0.557.